The van der Waals surface area contributed by atoms with E-state index in [1.54, 1.807) is 0 Å². The highest BCUT2D eigenvalue weighted by Crippen LogP contribution is 2.37. The van der Waals surface area contributed by atoms with Gasteiger partial charge in [0.1, 0.15) is 12.2 Å². The van der Waals surface area contributed by atoms with Crippen LogP contribution in [0.15, 0.2) is 12.1 Å². The number of nitro groups is 1. The average Bonchev–Trinajstić information content (AvgIpc) is 2.72. The fourth-order valence-corrected chi connectivity index (χ4v) is 3.24. The molecule has 0 aromatic heterocycles. The first-order chi connectivity index (χ1) is 15.2. The molecule has 180 valence electrons. The van der Waals surface area contributed by atoms with Gasteiger partial charge in [-0.25, -0.2) is 4.39 Å². The molecule has 1 aromatic rings. The second-order valence-corrected chi connectivity index (χ2v) is 7.56. The van der Waals surface area contributed by atoms with Crippen molar-refractivity contribution in [3.8, 4) is 5.75 Å². The molecule has 9 nitrogen and oxygen atoms in total. The summed E-state index contributed by atoms with van der Waals surface area (Å²) in [5, 5.41) is 24.0. The Morgan fingerprint density at radius 1 is 1.25 bits per heavy atom. The van der Waals surface area contributed by atoms with Gasteiger partial charge in [0.2, 0.25) is 5.91 Å². The maximum absolute atomic E-state index is 14.5. The van der Waals surface area contributed by atoms with Gasteiger partial charge in [-0.05, 0) is 32.3 Å². The second-order valence-electron chi connectivity index (χ2n) is 7.56. The van der Waals surface area contributed by atoms with Crippen molar-refractivity contribution < 1.29 is 33.5 Å². The van der Waals surface area contributed by atoms with E-state index in [0.717, 1.165) is 37.8 Å². The summed E-state index contributed by atoms with van der Waals surface area (Å²) in [5.41, 5.74) is -0.649. The third-order valence-corrected chi connectivity index (χ3v) is 4.83. The van der Waals surface area contributed by atoms with E-state index in [1.165, 1.54) is 13.8 Å². The van der Waals surface area contributed by atoms with E-state index in [1.807, 2.05) is 0 Å². The van der Waals surface area contributed by atoms with Gasteiger partial charge in [-0.3, -0.25) is 19.7 Å². The first-order valence-corrected chi connectivity index (χ1v) is 10.9. The Morgan fingerprint density at radius 3 is 2.56 bits per heavy atom. The summed E-state index contributed by atoms with van der Waals surface area (Å²) in [5.74, 6) is -1.89. The number of aliphatic hydroxyl groups excluding tert-OH is 1. The van der Waals surface area contributed by atoms with Crippen molar-refractivity contribution in [2.24, 2.45) is 0 Å². The Bertz CT molecular complexity index is 771. The number of nitrogens with zero attached hydrogens (tertiary/aromatic N) is 1. The number of ether oxygens (including phenoxy) is 2. The molecule has 0 saturated heterocycles. The number of hydrogen-bond donors (Lipinski definition) is 2. The summed E-state index contributed by atoms with van der Waals surface area (Å²) in [4.78, 5) is 33.5. The number of carbonyl (C=O) groups is 2. The molecule has 0 aliphatic heterocycles. The van der Waals surface area contributed by atoms with E-state index in [9.17, 15) is 29.2 Å². The molecule has 2 atom stereocenters. The Balaban J connectivity index is 2.90. The number of hydrogen-bond acceptors (Lipinski definition) is 7. The summed E-state index contributed by atoms with van der Waals surface area (Å²) < 4.78 is 25.1. The second kappa shape index (κ2) is 14.3. The van der Waals surface area contributed by atoms with Gasteiger partial charge >= 0.3 is 5.97 Å². The van der Waals surface area contributed by atoms with Gasteiger partial charge in [0.15, 0.2) is 11.6 Å². The number of amides is 1. The molecule has 0 fully saturated rings. The van der Waals surface area contributed by atoms with Crippen LogP contribution in [0.5, 0.6) is 5.75 Å². The van der Waals surface area contributed by atoms with Crippen molar-refractivity contribution in [2.45, 2.75) is 77.9 Å². The van der Waals surface area contributed by atoms with E-state index in [-0.39, 0.29) is 43.2 Å². The molecule has 2 N–H and O–H groups in total. The smallest absolute Gasteiger partial charge is 0.302 e. The monoisotopic (exact) mass is 456 g/mol. The zero-order valence-electron chi connectivity index (χ0n) is 18.9. The van der Waals surface area contributed by atoms with Gasteiger partial charge in [-0.1, -0.05) is 26.2 Å². The van der Waals surface area contributed by atoms with Gasteiger partial charge < -0.3 is 19.9 Å². The molecule has 0 heterocycles. The first-order valence-electron chi connectivity index (χ1n) is 10.9. The van der Waals surface area contributed by atoms with E-state index in [2.05, 4.69) is 12.2 Å². The molecule has 2 unspecified atom stereocenters. The highest BCUT2D eigenvalue weighted by molar-refractivity contribution is 5.75. The Morgan fingerprint density at radius 2 is 1.97 bits per heavy atom. The molecular formula is C22H33FN2O7. The van der Waals surface area contributed by atoms with Gasteiger partial charge in [0.25, 0.3) is 5.69 Å². The topological polar surface area (TPSA) is 128 Å². The van der Waals surface area contributed by atoms with Crippen LogP contribution in [0, 0.1) is 15.9 Å². The molecule has 0 radical (unpaired) electrons. The Hall–Kier alpha value is -2.75. The zero-order valence-corrected chi connectivity index (χ0v) is 18.9. The predicted molar refractivity (Wildman–Crippen MR) is 116 cm³/mol. The number of carbonyl (C=O) groups excluding carboxylic acids is 2. The number of nitro benzene ring substituents is 1. The number of unbranched alkanes of at least 4 members (excludes halogenated alkanes) is 3. The van der Waals surface area contributed by atoms with Gasteiger partial charge in [0, 0.05) is 19.4 Å². The standard InChI is InChI=1S/C22H33FN2O7/c1-4-5-6-7-8-17(9-12-20(28)24-13-14-31-16(3)27)32-22-18(23)10-11-19(25(29)30)21(22)15(2)26/h10-11,15,17,26H,4-9,12-14H2,1-3H3,(H,24,28). The summed E-state index contributed by atoms with van der Waals surface area (Å²) in [6.07, 6.45) is 2.76. The van der Waals surface area contributed by atoms with Gasteiger partial charge in [-0.15, -0.1) is 0 Å². The highest BCUT2D eigenvalue weighted by atomic mass is 19.1. The lowest BCUT2D eigenvalue weighted by Gasteiger charge is -2.22. The summed E-state index contributed by atoms with van der Waals surface area (Å²) in [6.45, 7) is 4.89. The number of benzene rings is 1. The molecule has 32 heavy (non-hydrogen) atoms. The van der Waals surface area contributed by atoms with Crippen LogP contribution >= 0.6 is 0 Å². The largest absolute Gasteiger partial charge is 0.487 e. The molecule has 0 spiro atoms. The van der Waals surface area contributed by atoms with Crippen LogP contribution in [0.3, 0.4) is 0 Å². The maximum Gasteiger partial charge on any atom is 0.302 e. The number of esters is 1. The lowest BCUT2D eigenvalue weighted by atomic mass is 10.0. The molecular weight excluding hydrogens is 423 g/mol. The molecule has 10 heteroatoms. The van der Waals surface area contributed by atoms with Crippen molar-refractivity contribution in [3.63, 3.8) is 0 Å². The van der Waals surface area contributed by atoms with Crippen LogP contribution in [0.2, 0.25) is 0 Å². The molecule has 0 saturated carbocycles. The van der Waals surface area contributed by atoms with E-state index >= 15 is 0 Å². The summed E-state index contributed by atoms with van der Waals surface area (Å²) in [6, 6.07) is 1.94. The number of halogens is 1. The molecule has 1 amide bonds. The minimum absolute atomic E-state index is 0.0641. The Kier molecular flexibility index (Phi) is 12.2. The third kappa shape index (κ3) is 9.59. The number of nitrogens with one attached hydrogen (secondary N) is 1. The van der Waals surface area contributed by atoms with Crippen LogP contribution in [0.25, 0.3) is 0 Å². The van der Waals surface area contributed by atoms with Gasteiger partial charge in [-0.2, -0.15) is 0 Å². The first kappa shape index (κ1) is 27.3. The minimum atomic E-state index is -1.31. The molecule has 1 rings (SSSR count). The molecule has 0 aliphatic rings. The van der Waals surface area contributed by atoms with Gasteiger partial charge in [0.05, 0.1) is 23.7 Å². The van der Waals surface area contributed by atoms with Crippen LogP contribution in [-0.4, -0.2) is 41.2 Å². The minimum Gasteiger partial charge on any atom is -0.487 e. The normalized spacial score (nSPS) is 12.7. The third-order valence-electron chi connectivity index (χ3n) is 4.83. The summed E-state index contributed by atoms with van der Waals surface area (Å²) >= 11 is 0. The predicted octanol–water partition coefficient (Wildman–Crippen LogP) is 3.96. The fourth-order valence-electron chi connectivity index (χ4n) is 3.24. The fraction of sp³-hybridized carbons (Fsp3) is 0.636. The van der Waals surface area contributed by atoms with Crippen molar-refractivity contribution in [1.29, 1.82) is 0 Å². The number of rotatable bonds is 15. The van der Waals surface area contributed by atoms with Crippen molar-refractivity contribution >= 4 is 17.6 Å². The Labute approximate surface area is 187 Å². The molecule has 0 aliphatic carbocycles. The lowest BCUT2D eigenvalue weighted by molar-refractivity contribution is -0.386. The number of aliphatic hydroxyl groups is 1. The maximum atomic E-state index is 14.5. The lowest BCUT2D eigenvalue weighted by Crippen LogP contribution is -2.29. The molecule has 0 bridgehead atoms. The summed E-state index contributed by atoms with van der Waals surface area (Å²) in [7, 11) is 0. The van der Waals surface area contributed by atoms with Crippen molar-refractivity contribution in [2.75, 3.05) is 13.2 Å². The van der Waals surface area contributed by atoms with Crippen LogP contribution < -0.4 is 10.1 Å². The van der Waals surface area contributed by atoms with Crippen molar-refractivity contribution in [1.82, 2.24) is 5.32 Å². The van der Waals surface area contributed by atoms with E-state index in [0.29, 0.717) is 6.42 Å². The average molecular weight is 457 g/mol. The zero-order chi connectivity index (χ0) is 24.1. The van der Waals surface area contributed by atoms with E-state index in [4.69, 9.17) is 9.47 Å². The van der Waals surface area contributed by atoms with Crippen molar-refractivity contribution in [3.05, 3.63) is 33.6 Å². The van der Waals surface area contributed by atoms with E-state index < -0.39 is 34.6 Å². The quantitative estimate of drug-likeness (QED) is 0.177. The molecule has 1 aromatic carbocycles. The van der Waals surface area contributed by atoms with Crippen LogP contribution in [0.4, 0.5) is 10.1 Å². The van der Waals surface area contributed by atoms with Crippen LogP contribution in [-0.2, 0) is 14.3 Å². The highest BCUT2D eigenvalue weighted by Gasteiger charge is 2.28. The van der Waals surface area contributed by atoms with Crippen LogP contribution in [0.1, 0.15) is 77.4 Å². The SMILES string of the molecule is CCCCCCC(CCC(=O)NCCOC(C)=O)Oc1c(F)ccc([N+](=O)[O-])c1C(C)O.